The molecule has 2 nitrogen and oxygen atoms in total. The molecule has 1 unspecified atom stereocenters. The molecule has 0 aliphatic rings. The topological polar surface area (TPSA) is 18.5 Å². The summed E-state index contributed by atoms with van der Waals surface area (Å²) >= 11 is 5.82. The minimum absolute atomic E-state index is 0.295. The molecule has 0 saturated carbocycles. The van der Waals surface area contributed by atoms with E-state index in [2.05, 4.69) is 13.8 Å². The van der Waals surface area contributed by atoms with Crippen LogP contribution in [0, 0.1) is 5.92 Å². The highest BCUT2D eigenvalue weighted by molar-refractivity contribution is 6.30. The smallest absolute Gasteiger partial charge is 0.183 e. The van der Waals surface area contributed by atoms with Crippen LogP contribution >= 0.6 is 11.6 Å². The fourth-order valence-electron chi connectivity index (χ4n) is 1.33. The summed E-state index contributed by atoms with van der Waals surface area (Å²) in [6, 6.07) is 7.53. The van der Waals surface area contributed by atoms with Gasteiger partial charge in [-0.3, -0.25) is 0 Å². The average molecular weight is 243 g/mol. The number of hydrogen-bond donors (Lipinski definition) is 0. The molecular weight excluding hydrogens is 224 g/mol. The molecular formula is C13H19ClO2. The molecule has 0 aromatic heterocycles. The summed E-state index contributed by atoms with van der Waals surface area (Å²) < 4.78 is 11.0. The standard InChI is InChI=1S/C13H19ClO2/c1-10(2)8-9-16-13(15-3)11-4-6-12(14)7-5-11/h4-7,10,13H,8-9H2,1-3H3. The number of halogens is 1. The van der Waals surface area contributed by atoms with Crippen LogP contribution in [0.4, 0.5) is 0 Å². The van der Waals surface area contributed by atoms with Crippen molar-refractivity contribution in [2.45, 2.75) is 26.6 Å². The number of rotatable bonds is 6. The summed E-state index contributed by atoms with van der Waals surface area (Å²) in [6.07, 6.45) is 0.740. The molecule has 90 valence electrons. The van der Waals surface area contributed by atoms with E-state index in [1.807, 2.05) is 24.3 Å². The third kappa shape index (κ3) is 4.52. The Morgan fingerprint density at radius 3 is 2.31 bits per heavy atom. The minimum Gasteiger partial charge on any atom is -0.352 e. The predicted octanol–water partition coefficient (Wildman–Crippen LogP) is 4.05. The molecule has 0 amide bonds. The van der Waals surface area contributed by atoms with Crippen LogP contribution in [0.15, 0.2) is 24.3 Å². The summed E-state index contributed by atoms with van der Waals surface area (Å²) in [6.45, 7) is 5.06. The molecule has 0 radical (unpaired) electrons. The summed E-state index contributed by atoms with van der Waals surface area (Å²) in [5.41, 5.74) is 0.996. The molecule has 1 atom stereocenters. The van der Waals surface area contributed by atoms with Gasteiger partial charge in [-0.1, -0.05) is 37.6 Å². The van der Waals surface area contributed by atoms with Gasteiger partial charge in [0.1, 0.15) is 0 Å². The van der Waals surface area contributed by atoms with Gasteiger partial charge in [0.05, 0.1) is 6.61 Å². The predicted molar refractivity (Wildman–Crippen MR) is 66.6 cm³/mol. The summed E-state index contributed by atoms with van der Waals surface area (Å²) in [7, 11) is 1.65. The van der Waals surface area contributed by atoms with Crippen LogP contribution in [0.25, 0.3) is 0 Å². The normalized spacial score (nSPS) is 13.1. The minimum atomic E-state index is -0.295. The lowest BCUT2D eigenvalue weighted by atomic mass is 10.1. The second kappa shape index (κ2) is 6.89. The van der Waals surface area contributed by atoms with Crippen LogP contribution in [0.5, 0.6) is 0 Å². The van der Waals surface area contributed by atoms with Gasteiger partial charge in [-0.2, -0.15) is 0 Å². The van der Waals surface area contributed by atoms with Gasteiger partial charge in [0.15, 0.2) is 6.29 Å². The summed E-state index contributed by atoms with van der Waals surface area (Å²) in [4.78, 5) is 0. The molecule has 1 aromatic rings. The van der Waals surface area contributed by atoms with E-state index in [4.69, 9.17) is 21.1 Å². The van der Waals surface area contributed by atoms with Crippen LogP contribution < -0.4 is 0 Å². The van der Waals surface area contributed by atoms with Gasteiger partial charge in [0, 0.05) is 17.7 Å². The van der Waals surface area contributed by atoms with Crippen molar-refractivity contribution in [3.63, 3.8) is 0 Å². The van der Waals surface area contributed by atoms with E-state index in [0.717, 1.165) is 17.0 Å². The van der Waals surface area contributed by atoms with Crippen LogP contribution in [-0.4, -0.2) is 13.7 Å². The highest BCUT2D eigenvalue weighted by Gasteiger charge is 2.10. The van der Waals surface area contributed by atoms with Crippen molar-refractivity contribution in [3.8, 4) is 0 Å². The van der Waals surface area contributed by atoms with Crippen molar-refractivity contribution in [1.29, 1.82) is 0 Å². The number of ether oxygens (including phenoxy) is 2. The quantitative estimate of drug-likeness (QED) is 0.701. The first-order chi connectivity index (χ1) is 7.63. The average Bonchev–Trinajstić information content (AvgIpc) is 2.26. The van der Waals surface area contributed by atoms with E-state index in [0.29, 0.717) is 12.5 Å². The van der Waals surface area contributed by atoms with E-state index in [1.54, 1.807) is 7.11 Å². The molecule has 0 N–H and O–H groups in total. The van der Waals surface area contributed by atoms with Crippen LogP contribution in [0.2, 0.25) is 5.02 Å². The van der Waals surface area contributed by atoms with Crippen molar-refractivity contribution in [2.75, 3.05) is 13.7 Å². The Labute approximate surface area is 103 Å². The van der Waals surface area contributed by atoms with Crippen LogP contribution in [0.1, 0.15) is 32.1 Å². The van der Waals surface area contributed by atoms with Crippen molar-refractivity contribution in [1.82, 2.24) is 0 Å². The number of hydrogen-bond acceptors (Lipinski definition) is 2. The monoisotopic (exact) mass is 242 g/mol. The SMILES string of the molecule is COC(OCCC(C)C)c1ccc(Cl)cc1. The zero-order valence-electron chi connectivity index (χ0n) is 10.1. The molecule has 1 aromatic carbocycles. The van der Waals surface area contributed by atoms with Crippen molar-refractivity contribution >= 4 is 11.6 Å². The number of methoxy groups -OCH3 is 1. The first-order valence-electron chi connectivity index (χ1n) is 5.53. The van der Waals surface area contributed by atoms with Gasteiger partial charge in [-0.15, -0.1) is 0 Å². The largest absolute Gasteiger partial charge is 0.352 e. The maximum Gasteiger partial charge on any atom is 0.183 e. The van der Waals surface area contributed by atoms with E-state index in [-0.39, 0.29) is 6.29 Å². The van der Waals surface area contributed by atoms with E-state index in [9.17, 15) is 0 Å². The van der Waals surface area contributed by atoms with Gasteiger partial charge < -0.3 is 9.47 Å². The van der Waals surface area contributed by atoms with Gasteiger partial charge in [-0.25, -0.2) is 0 Å². The third-order valence-electron chi connectivity index (χ3n) is 2.32. The highest BCUT2D eigenvalue weighted by Crippen LogP contribution is 2.20. The van der Waals surface area contributed by atoms with Gasteiger partial charge in [0.2, 0.25) is 0 Å². The third-order valence-corrected chi connectivity index (χ3v) is 2.57. The molecule has 0 aliphatic heterocycles. The number of benzene rings is 1. The lowest BCUT2D eigenvalue weighted by Gasteiger charge is -2.17. The molecule has 0 spiro atoms. The van der Waals surface area contributed by atoms with Crippen molar-refractivity contribution < 1.29 is 9.47 Å². The molecule has 0 bridgehead atoms. The van der Waals surface area contributed by atoms with Gasteiger partial charge in [0.25, 0.3) is 0 Å². The Bertz CT molecular complexity index is 295. The lowest BCUT2D eigenvalue weighted by Crippen LogP contribution is -2.09. The summed E-state index contributed by atoms with van der Waals surface area (Å²) in [5, 5.41) is 0.723. The second-order valence-electron chi connectivity index (χ2n) is 4.17. The fraction of sp³-hybridized carbons (Fsp3) is 0.538. The molecule has 0 aliphatic carbocycles. The molecule has 0 heterocycles. The fourth-order valence-corrected chi connectivity index (χ4v) is 1.46. The maximum atomic E-state index is 5.82. The maximum absolute atomic E-state index is 5.82. The highest BCUT2D eigenvalue weighted by atomic mass is 35.5. The summed E-state index contributed by atoms with van der Waals surface area (Å²) in [5.74, 6) is 0.641. The Balaban J connectivity index is 2.50. The first kappa shape index (κ1) is 13.5. The van der Waals surface area contributed by atoms with Crippen molar-refractivity contribution in [3.05, 3.63) is 34.9 Å². The zero-order valence-corrected chi connectivity index (χ0v) is 10.8. The molecule has 0 saturated heterocycles. The molecule has 16 heavy (non-hydrogen) atoms. The van der Waals surface area contributed by atoms with Gasteiger partial charge >= 0.3 is 0 Å². The molecule has 1 rings (SSSR count). The van der Waals surface area contributed by atoms with Crippen LogP contribution in [0.3, 0.4) is 0 Å². The lowest BCUT2D eigenvalue weighted by molar-refractivity contribution is -0.129. The first-order valence-corrected chi connectivity index (χ1v) is 5.91. The van der Waals surface area contributed by atoms with Crippen LogP contribution in [-0.2, 0) is 9.47 Å². The van der Waals surface area contributed by atoms with Gasteiger partial charge in [-0.05, 0) is 24.5 Å². The Morgan fingerprint density at radius 1 is 1.19 bits per heavy atom. The van der Waals surface area contributed by atoms with E-state index in [1.165, 1.54) is 0 Å². The van der Waals surface area contributed by atoms with Crippen molar-refractivity contribution in [2.24, 2.45) is 5.92 Å². The van der Waals surface area contributed by atoms with E-state index < -0.39 is 0 Å². The van der Waals surface area contributed by atoms with E-state index >= 15 is 0 Å². The Kier molecular flexibility index (Phi) is 5.81. The second-order valence-corrected chi connectivity index (χ2v) is 4.61. The zero-order chi connectivity index (χ0) is 12.0. The Morgan fingerprint density at radius 2 is 1.81 bits per heavy atom. The molecule has 0 fully saturated rings. The molecule has 3 heteroatoms. The Hall–Kier alpha value is -0.570.